The van der Waals surface area contributed by atoms with Crippen LogP contribution in [0.1, 0.15) is 44.6 Å². The Morgan fingerprint density at radius 2 is 2.00 bits per heavy atom. The Kier molecular flexibility index (Phi) is 6.08. The number of halogens is 1. The first-order valence-electron chi connectivity index (χ1n) is 7.76. The van der Waals surface area contributed by atoms with E-state index in [9.17, 15) is 5.11 Å². The fraction of sp³-hybridized carbons (Fsp3) is 0.647. The molecule has 3 nitrogen and oxygen atoms in total. The van der Waals surface area contributed by atoms with Gasteiger partial charge in [0.25, 0.3) is 0 Å². The number of hydrogen-bond donors (Lipinski definition) is 1. The van der Waals surface area contributed by atoms with E-state index in [1.54, 1.807) is 7.11 Å². The third-order valence-corrected chi connectivity index (χ3v) is 5.00. The molecule has 1 N–H and O–H groups in total. The van der Waals surface area contributed by atoms with Crippen LogP contribution in [-0.4, -0.2) is 30.5 Å². The lowest BCUT2D eigenvalue weighted by molar-refractivity contribution is -0.138. The molecule has 1 unspecified atom stereocenters. The third-order valence-electron chi connectivity index (χ3n) is 4.38. The van der Waals surface area contributed by atoms with Crippen LogP contribution >= 0.6 is 15.9 Å². The molecule has 0 bridgehead atoms. The Morgan fingerprint density at radius 3 is 2.57 bits per heavy atom. The summed E-state index contributed by atoms with van der Waals surface area (Å²) in [6, 6.07) is 5.96. The maximum absolute atomic E-state index is 10.8. The summed E-state index contributed by atoms with van der Waals surface area (Å²) in [6.45, 7) is 2.66. The summed E-state index contributed by atoms with van der Waals surface area (Å²) < 4.78 is 12.2. The summed E-state index contributed by atoms with van der Waals surface area (Å²) in [6.07, 6.45) is 5.60. The quantitative estimate of drug-likeness (QED) is 0.833. The largest absolute Gasteiger partial charge is 0.496 e. The van der Waals surface area contributed by atoms with Crippen molar-refractivity contribution >= 4 is 15.9 Å². The maximum Gasteiger partial charge on any atom is 0.133 e. The number of methoxy groups -OCH3 is 1. The molecule has 1 aromatic carbocycles. The summed E-state index contributed by atoms with van der Waals surface area (Å²) >= 11 is 3.50. The van der Waals surface area contributed by atoms with Gasteiger partial charge in [0.2, 0.25) is 0 Å². The fourth-order valence-electron chi connectivity index (χ4n) is 3.26. The number of benzene rings is 1. The normalized spacial score (nSPS) is 19.2. The molecule has 1 fully saturated rings. The van der Waals surface area contributed by atoms with Crippen LogP contribution < -0.4 is 4.74 Å². The number of ether oxygens (including phenoxy) is 2. The van der Waals surface area contributed by atoms with E-state index in [-0.39, 0.29) is 5.60 Å². The molecular formula is C17H25BrO3. The molecule has 0 spiro atoms. The maximum atomic E-state index is 10.8. The van der Waals surface area contributed by atoms with E-state index < -0.39 is 6.10 Å². The first-order chi connectivity index (χ1) is 10.1. The van der Waals surface area contributed by atoms with Crippen molar-refractivity contribution in [1.29, 1.82) is 0 Å². The predicted octanol–water partition coefficient (Wildman–Crippen LogP) is 4.10. The molecular weight excluding hydrogens is 332 g/mol. The highest BCUT2D eigenvalue weighted by molar-refractivity contribution is 9.10. The van der Waals surface area contributed by atoms with Crippen molar-refractivity contribution in [3.63, 3.8) is 0 Å². The standard InChI is InChI=1S/C17H25BrO3/c1-3-21-17(9-5-4-6-10-17)16(19)12-13-7-8-15(20-2)14(18)11-13/h7-8,11,16,19H,3-6,9-10,12H2,1-2H3. The average Bonchev–Trinajstić information content (AvgIpc) is 2.48. The first kappa shape index (κ1) is 16.8. The van der Waals surface area contributed by atoms with Gasteiger partial charge in [0.1, 0.15) is 5.75 Å². The van der Waals surface area contributed by atoms with Gasteiger partial charge >= 0.3 is 0 Å². The zero-order valence-corrected chi connectivity index (χ0v) is 14.5. The van der Waals surface area contributed by atoms with Gasteiger partial charge in [-0.15, -0.1) is 0 Å². The van der Waals surface area contributed by atoms with Gasteiger partial charge in [-0.3, -0.25) is 0 Å². The molecule has 0 aliphatic heterocycles. The number of rotatable bonds is 6. The highest BCUT2D eigenvalue weighted by Crippen LogP contribution is 2.36. The topological polar surface area (TPSA) is 38.7 Å². The van der Waals surface area contributed by atoms with Crippen LogP contribution in [0.3, 0.4) is 0 Å². The lowest BCUT2D eigenvalue weighted by Gasteiger charge is -2.41. The zero-order chi connectivity index (χ0) is 15.3. The van der Waals surface area contributed by atoms with Gasteiger partial charge in [-0.05, 0) is 53.4 Å². The van der Waals surface area contributed by atoms with Crippen molar-refractivity contribution in [3.05, 3.63) is 28.2 Å². The SMILES string of the molecule is CCOC1(C(O)Cc2ccc(OC)c(Br)c2)CCCCC1. The summed E-state index contributed by atoms with van der Waals surface area (Å²) in [7, 11) is 1.65. The van der Waals surface area contributed by atoms with Gasteiger partial charge in [-0.25, -0.2) is 0 Å². The zero-order valence-electron chi connectivity index (χ0n) is 12.9. The Morgan fingerprint density at radius 1 is 1.29 bits per heavy atom. The van der Waals surface area contributed by atoms with Crippen molar-refractivity contribution < 1.29 is 14.6 Å². The second kappa shape index (κ2) is 7.61. The number of aliphatic hydroxyl groups is 1. The van der Waals surface area contributed by atoms with Crippen molar-refractivity contribution in [3.8, 4) is 5.75 Å². The Labute approximate surface area is 135 Å². The first-order valence-corrected chi connectivity index (χ1v) is 8.55. The summed E-state index contributed by atoms with van der Waals surface area (Å²) in [5.74, 6) is 0.811. The molecule has 0 aromatic heterocycles. The van der Waals surface area contributed by atoms with Crippen LogP contribution in [0.15, 0.2) is 22.7 Å². The molecule has 0 heterocycles. The van der Waals surface area contributed by atoms with Crippen molar-refractivity contribution in [1.82, 2.24) is 0 Å². The van der Waals surface area contributed by atoms with Crippen LogP contribution in [0.2, 0.25) is 0 Å². The van der Waals surface area contributed by atoms with Crippen molar-refractivity contribution in [2.24, 2.45) is 0 Å². The van der Waals surface area contributed by atoms with E-state index in [1.807, 2.05) is 25.1 Å². The predicted molar refractivity (Wildman–Crippen MR) is 87.8 cm³/mol. The minimum Gasteiger partial charge on any atom is -0.496 e. The van der Waals surface area contributed by atoms with Gasteiger partial charge in [-0.2, -0.15) is 0 Å². The monoisotopic (exact) mass is 356 g/mol. The van der Waals surface area contributed by atoms with Crippen molar-refractivity contribution in [2.75, 3.05) is 13.7 Å². The second-order valence-electron chi connectivity index (χ2n) is 5.75. The molecule has 1 atom stereocenters. The van der Waals surface area contributed by atoms with E-state index in [1.165, 1.54) is 6.42 Å². The van der Waals surface area contributed by atoms with Gasteiger partial charge in [0.05, 0.1) is 23.3 Å². The van der Waals surface area contributed by atoms with Crippen LogP contribution in [0, 0.1) is 0 Å². The van der Waals surface area contributed by atoms with Crippen LogP contribution in [0.25, 0.3) is 0 Å². The fourth-order valence-corrected chi connectivity index (χ4v) is 3.85. The summed E-state index contributed by atoms with van der Waals surface area (Å²) in [5.41, 5.74) is 0.735. The molecule has 2 rings (SSSR count). The molecule has 1 aromatic rings. The Bertz CT molecular complexity index is 450. The molecule has 1 aliphatic carbocycles. The lowest BCUT2D eigenvalue weighted by Crippen LogP contribution is -2.47. The van der Waals surface area contributed by atoms with Gasteiger partial charge in [0, 0.05) is 13.0 Å². The second-order valence-corrected chi connectivity index (χ2v) is 6.60. The van der Waals surface area contributed by atoms with E-state index in [2.05, 4.69) is 15.9 Å². The van der Waals surface area contributed by atoms with Crippen LogP contribution in [0.4, 0.5) is 0 Å². The summed E-state index contributed by atoms with van der Waals surface area (Å²) in [4.78, 5) is 0. The van der Waals surface area contributed by atoms with E-state index >= 15 is 0 Å². The Balaban J connectivity index is 2.11. The van der Waals surface area contributed by atoms with Gasteiger partial charge in [0.15, 0.2) is 0 Å². The highest BCUT2D eigenvalue weighted by atomic mass is 79.9. The summed E-state index contributed by atoms with van der Waals surface area (Å²) in [5, 5.41) is 10.8. The number of hydrogen-bond acceptors (Lipinski definition) is 3. The minimum absolute atomic E-state index is 0.362. The molecule has 0 amide bonds. The van der Waals surface area contributed by atoms with Gasteiger partial charge < -0.3 is 14.6 Å². The number of aliphatic hydroxyl groups excluding tert-OH is 1. The van der Waals surface area contributed by atoms with Crippen LogP contribution in [0.5, 0.6) is 5.75 Å². The van der Waals surface area contributed by atoms with E-state index in [4.69, 9.17) is 9.47 Å². The molecule has 0 saturated heterocycles. The lowest BCUT2D eigenvalue weighted by atomic mass is 9.78. The average molecular weight is 357 g/mol. The molecule has 0 radical (unpaired) electrons. The molecule has 1 saturated carbocycles. The molecule has 118 valence electrons. The molecule has 21 heavy (non-hydrogen) atoms. The molecule has 4 heteroatoms. The molecule has 1 aliphatic rings. The third kappa shape index (κ3) is 3.99. The highest BCUT2D eigenvalue weighted by Gasteiger charge is 2.39. The van der Waals surface area contributed by atoms with Crippen LogP contribution in [-0.2, 0) is 11.2 Å². The van der Waals surface area contributed by atoms with E-state index in [0.29, 0.717) is 13.0 Å². The van der Waals surface area contributed by atoms with Gasteiger partial charge in [-0.1, -0.05) is 25.3 Å². The Hall–Kier alpha value is -0.580. The minimum atomic E-state index is -0.460. The smallest absolute Gasteiger partial charge is 0.133 e. The van der Waals surface area contributed by atoms with Crippen molar-refractivity contribution in [2.45, 2.75) is 57.2 Å². The van der Waals surface area contributed by atoms with E-state index in [0.717, 1.165) is 41.5 Å².